The van der Waals surface area contributed by atoms with E-state index in [1.165, 1.54) is 6.07 Å². The lowest BCUT2D eigenvalue weighted by Crippen LogP contribution is -2.02. The zero-order valence-electron chi connectivity index (χ0n) is 11.2. The molecular formula is C15H16N2O3. The van der Waals surface area contributed by atoms with Crippen molar-refractivity contribution in [3.05, 3.63) is 69.3 Å². The van der Waals surface area contributed by atoms with Gasteiger partial charge in [-0.3, -0.25) is 10.1 Å². The number of nitro groups is 1. The SMILES string of the molecule is Cc1cccc(COc2cc(CN)ccc2[N+](=O)[O-])c1. The van der Waals surface area contributed by atoms with Crippen molar-refractivity contribution in [1.82, 2.24) is 0 Å². The summed E-state index contributed by atoms with van der Waals surface area (Å²) in [6.45, 7) is 2.59. The third kappa shape index (κ3) is 3.33. The van der Waals surface area contributed by atoms with E-state index in [0.717, 1.165) is 16.7 Å². The van der Waals surface area contributed by atoms with Gasteiger partial charge in [-0.2, -0.15) is 0 Å². The predicted octanol–water partition coefficient (Wildman–Crippen LogP) is 2.94. The molecule has 5 heteroatoms. The summed E-state index contributed by atoms with van der Waals surface area (Å²) in [6, 6.07) is 12.5. The molecule has 0 aliphatic rings. The molecule has 2 aromatic rings. The van der Waals surface area contributed by atoms with E-state index in [0.29, 0.717) is 6.54 Å². The van der Waals surface area contributed by atoms with Crippen molar-refractivity contribution >= 4 is 5.69 Å². The van der Waals surface area contributed by atoms with Gasteiger partial charge in [0.15, 0.2) is 5.75 Å². The summed E-state index contributed by atoms with van der Waals surface area (Å²) in [4.78, 5) is 10.5. The molecule has 0 fully saturated rings. The summed E-state index contributed by atoms with van der Waals surface area (Å²) in [6.07, 6.45) is 0. The molecule has 0 heterocycles. The van der Waals surface area contributed by atoms with Gasteiger partial charge in [0, 0.05) is 12.6 Å². The summed E-state index contributed by atoms with van der Waals surface area (Å²) in [7, 11) is 0. The molecule has 0 aliphatic carbocycles. The van der Waals surface area contributed by atoms with E-state index in [1.54, 1.807) is 12.1 Å². The first-order chi connectivity index (χ1) is 9.60. The number of nitrogens with two attached hydrogens (primary N) is 1. The van der Waals surface area contributed by atoms with Crippen molar-refractivity contribution in [2.75, 3.05) is 0 Å². The Hall–Kier alpha value is -2.40. The van der Waals surface area contributed by atoms with Crippen molar-refractivity contribution in [2.45, 2.75) is 20.1 Å². The zero-order chi connectivity index (χ0) is 14.5. The molecule has 2 N–H and O–H groups in total. The summed E-state index contributed by atoms with van der Waals surface area (Å²) in [5.74, 6) is 0.249. The van der Waals surface area contributed by atoms with E-state index in [-0.39, 0.29) is 18.0 Å². The summed E-state index contributed by atoms with van der Waals surface area (Å²) in [5, 5.41) is 11.0. The lowest BCUT2D eigenvalue weighted by atomic mass is 10.1. The van der Waals surface area contributed by atoms with Crippen LogP contribution in [0.1, 0.15) is 16.7 Å². The van der Waals surface area contributed by atoms with Crippen molar-refractivity contribution in [2.24, 2.45) is 5.73 Å². The minimum atomic E-state index is -0.453. The molecule has 5 nitrogen and oxygen atoms in total. The zero-order valence-corrected chi connectivity index (χ0v) is 11.2. The number of nitro benzene ring substituents is 1. The van der Waals surface area contributed by atoms with Gasteiger partial charge in [-0.15, -0.1) is 0 Å². The lowest BCUT2D eigenvalue weighted by Gasteiger charge is -2.08. The van der Waals surface area contributed by atoms with Crippen LogP contribution in [0.25, 0.3) is 0 Å². The van der Waals surface area contributed by atoms with Gasteiger partial charge in [-0.25, -0.2) is 0 Å². The average Bonchev–Trinajstić information content (AvgIpc) is 2.44. The molecule has 2 aromatic carbocycles. The van der Waals surface area contributed by atoms with Crippen molar-refractivity contribution in [3.8, 4) is 5.75 Å². The standard InChI is InChI=1S/C15H16N2O3/c1-11-3-2-4-13(7-11)10-20-15-8-12(9-16)5-6-14(15)17(18)19/h2-8H,9-10,16H2,1H3. The highest BCUT2D eigenvalue weighted by Gasteiger charge is 2.15. The van der Waals surface area contributed by atoms with Crippen LogP contribution in [-0.2, 0) is 13.2 Å². The minimum absolute atomic E-state index is 0.0464. The number of nitrogens with zero attached hydrogens (tertiary/aromatic N) is 1. The second-order valence-corrected chi connectivity index (χ2v) is 4.54. The highest BCUT2D eigenvalue weighted by Crippen LogP contribution is 2.28. The molecule has 104 valence electrons. The number of hydrogen-bond acceptors (Lipinski definition) is 4. The number of ether oxygens (including phenoxy) is 1. The van der Waals surface area contributed by atoms with Crippen LogP contribution < -0.4 is 10.5 Å². The van der Waals surface area contributed by atoms with Gasteiger partial charge in [-0.05, 0) is 24.1 Å². The molecule has 0 atom stereocenters. The first-order valence-corrected chi connectivity index (χ1v) is 6.26. The van der Waals surface area contributed by atoms with Gasteiger partial charge >= 0.3 is 5.69 Å². The highest BCUT2D eigenvalue weighted by atomic mass is 16.6. The molecule has 0 saturated carbocycles. The van der Waals surface area contributed by atoms with Crippen LogP contribution in [-0.4, -0.2) is 4.92 Å². The van der Waals surface area contributed by atoms with Crippen LogP contribution in [0.15, 0.2) is 42.5 Å². The molecular weight excluding hydrogens is 256 g/mol. The Morgan fingerprint density at radius 1 is 1.20 bits per heavy atom. The monoisotopic (exact) mass is 272 g/mol. The van der Waals surface area contributed by atoms with Crippen molar-refractivity contribution in [1.29, 1.82) is 0 Å². The summed E-state index contributed by atoms with van der Waals surface area (Å²) in [5.41, 5.74) is 8.39. The summed E-state index contributed by atoms with van der Waals surface area (Å²) >= 11 is 0. The number of hydrogen-bond donors (Lipinski definition) is 1. The van der Waals surface area contributed by atoms with Crippen LogP contribution in [0.2, 0.25) is 0 Å². The van der Waals surface area contributed by atoms with E-state index in [2.05, 4.69) is 0 Å². The Balaban J connectivity index is 2.21. The maximum Gasteiger partial charge on any atom is 0.310 e. The number of rotatable bonds is 5. The van der Waals surface area contributed by atoms with Gasteiger partial charge in [-0.1, -0.05) is 35.9 Å². The van der Waals surface area contributed by atoms with E-state index >= 15 is 0 Å². The van der Waals surface area contributed by atoms with Crippen molar-refractivity contribution in [3.63, 3.8) is 0 Å². The van der Waals surface area contributed by atoms with Gasteiger partial charge < -0.3 is 10.5 Å². The van der Waals surface area contributed by atoms with E-state index in [1.807, 2.05) is 31.2 Å². The molecule has 0 aromatic heterocycles. The molecule has 0 amide bonds. The fourth-order valence-corrected chi connectivity index (χ4v) is 1.91. The first kappa shape index (κ1) is 14.0. The normalized spacial score (nSPS) is 10.3. The smallest absolute Gasteiger partial charge is 0.310 e. The van der Waals surface area contributed by atoms with Gasteiger partial charge in [0.1, 0.15) is 6.61 Å². The largest absolute Gasteiger partial charge is 0.482 e. The van der Waals surface area contributed by atoms with Crippen LogP contribution in [0.4, 0.5) is 5.69 Å². The summed E-state index contributed by atoms with van der Waals surface area (Å²) < 4.78 is 5.58. The van der Waals surface area contributed by atoms with E-state index in [9.17, 15) is 10.1 Å². The number of benzene rings is 2. The van der Waals surface area contributed by atoms with Gasteiger partial charge in [0.05, 0.1) is 4.92 Å². The Labute approximate surface area is 117 Å². The van der Waals surface area contributed by atoms with Crippen LogP contribution in [0.3, 0.4) is 0 Å². The number of aryl methyl sites for hydroxylation is 1. The first-order valence-electron chi connectivity index (χ1n) is 6.26. The van der Waals surface area contributed by atoms with Crippen molar-refractivity contribution < 1.29 is 9.66 Å². The topological polar surface area (TPSA) is 78.4 Å². The molecule has 2 rings (SSSR count). The molecule has 0 unspecified atom stereocenters. The molecule has 0 aliphatic heterocycles. The fourth-order valence-electron chi connectivity index (χ4n) is 1.91. The molecule has 20 heavy (non-hydrogen) atoms. The Morgan fingerprint density at radius 3 is 2.65 bits per heavy atom. The second-order valence-electron chi connectivity index (χ2n) is 4.54. The molecule has 0 radical (unpaired) electrons. The average molecular weight is 272 g/mol. The van der Waals surface area contributed by atoms with E-state index < -0.39 is 4.92 Å². The van der Waals surface area contributed by atoms with Gasteiger partial charge in [0.2, 0.25) is 0 Å². The fraction of sp³-hybridized carbons (Fsp3) is 0.200. The Bertz CT molecular complexity index is 626. The molecule has 0 spiro atoms. The lowest BCUT2D eigenvalue weighted by molar-refractivity contribution is -0.386. The minimum Gasteiger partial charge on any atom is -0.482 e. The third-order valence-electron chi connectivity index (χ3n) is 2.93. The Kier molecular flexibility index (Phi) is 4.32. The molecule has 0 saturated heterocycles. The Morgan fingerprint density at radius 2 is 2.00 bits per heavy atom. The highest BCUT2D eigenvalue weighted by molar-refractivity contribution is 5.48. The van der Waals surface area contributed by atoms with E-state index in [4.69, 9.17) is 10.5 Å². The predicted molar refractivity (Wildman–Crippen MR) is 76.5 cm³/mol. The molecule has 0 bridgehead atoms. The third-order valence-corrected chi connectivity index (χ3v) is 2.93. The second kappa shape index (κ2) is 6.16. The van der Waals surface area contributed by atoms with Crippen LogP contribution in [0.5, 0.6) is 5.75 Å². The maximum absolute atomic E-state index is 11.0. The van der Waals surface area contributed by atoms with Crippen LogP contribution in [0, 0.1) is 17.0 Å². The quantitative estimate of drug-likeness (QED) is 0.670. The van der Waals surface area contributed by atoms with Gasteiger partial charge in [0.25, 0.3) is 0 Å². The van der Waals surface area contributed by atoms with Crippen LogP contribution >= 0.6 is 0 Å². The maximum atomic E-state index is 11.0.